The number of carbonyl (C=O) groups is 2. The first kappa shape index (κ1) is 21.9. The van der Waals surface area contributed by atoms with Crippen LogP contribution in [0.15, 0.2) is 12.3 Å². The Kier molecular flexibility index (Phi) is 8.81. The van der Waals surface area contributed by atoms with Crippen LogP contribution in [-0.4, -0.2) is 37.6 Å². The molecule has 27 heavy (non-hydrogen) atoms. The van der Waals surface area contributed by atoms with Crippen LogP contribution in [0.2, 0.25) is 0 Å². The number of hydrogen-bond acceptors (Lipinski definition) is 4. The SMILES string of the molecule is C=C(C)OCC1CCC(COCCC(=O)NC2CC(C(=O)C(C)C)C2)CC1. The Hall–Kier alpha value is -1.36. The fourth-order valence-electron chi connectivity index (χ4n) is 3.98. The molecule has 0 spiro atoms. The molecule has 0 aliphatic heterocycles. The maximum atomic E-state index is 12.0. The van der Waals surface area contributed by atoms with Crippen LogP contribution in [0.25, 0.3) is 0 Å². The molecule has 5 nitrogen and oxygen atoms in total. The minimum absolute atomic E-state index is 0.0381. The van der Waals surface area contributed by atoms with Crippen molar-refractivity contribution in [3.05, 3.63) is 12.3 Å². The summed E-state index contributed by atoms with van der Waals surface area (Å²) in [6.45, 7) is 11.6. The van der Waals surface area contributed by atoms with Gasteiger partial charge in [0.25, 0.3) is 0 Å². The largest absolute Gasteiger partial charge is 0.499 e. The van der Waals surface area contributed by atoms with Crippen molar-refractivity contribution in [2.24, 2.45) is 23.7 Å². The zero-order chi connectivity index (χ0) is 19.8. The van der Waals surface area contributed by atoms with Crippen molar-refractivity contribution in [2.75, 3.05) is 19.8 Å². The number of ketones is 1. The lowest BCUT2D eigenvalue weighted by atomic mass is 9.75. The molecule has 154 valence electrons. The highest BCUT2D eigenvalue weighted by Crippen LogP contribution is 2.31. The van der Waals surface area contributed by atoms with Crippen molar-refractivity contribution in [3.8, 4) is 0 Å². The van der Waals surface area contributed by atoms with Crippen LogP contribution >= 0.6 is 0 Å². The summed E-state index contributed by atoms with van der Waals surface area (Å²) in [7, 11) is 0. The minimum Gasteiger partial charge on any atom is -0.499 e. The summed E-state index contributed by atoms with van der Waals surface area (Å²) < 4.78 is 11.3. The Morgan fingerprint density at radius 1 is 1.07 bits per heavy atom. The molecule has 2 saturated carbocycles. The van der Waals surface area contributed by atoms with Gasteiger partial charge < -0.3 is 14.8 Å². The molecule has 0 aromatic rings. The number of nitrogens with one attached hydrogen (secondary N) is 1. The minimum atomic E-state index is 0.0381. The van der Waals surface area contributed by atoms with Gasteiger partial charge in [0.1, 0.15) is 5.78 Å². The van der Waals surface area contributed by atoms with E-state index in [4.69, 9.17) is 9.47 Å². The molecule has 0 saturated heterocycles. The maximum Gasteiger partial charge on any atom is 0.222 e. The predicted octanol–water partition coefficient (Wildman–Crippen LogP) is 3.87. The van der Waals surface area contributed by atoms with Gasteiger partial charge in [0.15, 0.2) is 0 Å². The van der Waals surface area contributed by atoms with Crippen molar-refractivity contribution in [2.45, 2.75) is 71.8 Å². The van der Waals surface area contributed by atoms with Crippen LogP contribution in [0.1, 0.15) is 65.7 Å². The molecule has 2 fully saturated rings. The van der Waals surface area contributed by atoms with Gasteiger partial charge in [-0.3, -0.25) is 9.59 Å². The van der Waals surface area contributed by atoms with Crippen LogP contribution in [0.5, 0.6) is 0 Å². The standard InChI is InChI=1S/C22H37NO4/c1-15(2)22(25)19-11-20(12-19)23-21(24)9-10-26-13-17-5-7-18(8-6-17)14-27-16(3)4/h15,17-20H,3,5-14H2,1-2,4H3,(H,23,24). The van der Waals surface area contributed by atoms with Gasteiger partial charge in [-0.15, -0.1) is 0 Å². The topological polar surface area (TPSA) is 64.6 Å². The van der Waals surface area contributed by atoms with E-state index in [2.05, 4.69) is 11.9 Å². The molecule has 0 unspecified atom stereocenters. The Morgan fingerprint density at radius 3 is 2.22 bits per heavy atom. The molecule has 0 bridgehead atoms. The number of amides is 1. The highest BCUT2D eigenvalue weighted by Gasteiger charge is 2.35. The fourth-order valence-corrected chi connectivity index (χ4v) is 3.98. The third kappa shape index (κ3) is 7.65. The first-order valence-corrected chi connectivity index (χ1v) is 10.5. The molecule has 0 heterocycles. The monoisotopic (exact) mass is 379 g/mol. The highest BCUT2D eigenvalue weighted by atomic mass is 16.5. The normalized spacial score (nSPS) is 27.7. The number of allylic oxidation sites excluding steroid dienone is 1. The van der Waals surface area contributed by atoms with Crippen molar-refractivity contribution in [3.63, 3.8) is 0 Å². The van der Waals surface area contributed by atoms with Crippen LogP contribution in [0.4, 0.5) is 0 Å². The summed E-state index contributed by atoms with van der Waals surface area (Å²) in [6, 6.07) is 0.168. The number of rotatable bonds is 11. The zero-order valence-electron chi connectivity index (χ0n) is 17.3. The Balaban J connectivity index is 1.47. The second-order valence-electron chi connectivity index (χ2n) is 8.71. The number of ether oxygens (including phenoxy) is 2. The molecule has 2 aliphatic rings. The Labute approximate surface area is 164 Å². The quantitative estimate of drug-likeness (QED) is 0.437. The molecular formula is C22H37NO4. The Bertz CT molecular complexity index is 502. The van der Waals surface area contributed by atoms with E-state index in [1.165, 1.54) is 25.7 Å². The number of carbonyl (C=O) groups excluding carboxylic acids is 2. The summed E-state index contributed by atoms with van der Waals surface area (Å²) in [5, 5.41) is 3.02. The van der Waals surface area contributed by atoms with Gasteiger partial charge in [0.05, 0.1) is 19.0 Å². The third-order valence-corrected chi connectivity index (χ3v) is 5.83. The van der Waals surface area contributed by atoms with Crippen molar-refractivity contribution < 1.29 is 19.1 Å². The van der Waals surface area contributed by atoms with Crippen LogP contribution < -0.4 is 5.32 Å². The average molecular weight is 380 g/mol. The van der Waals surface area contributed by atoms with E-state index < -0.39 is 0 Å². The molecule has 2 aliphatic carbocycles. The molecule has 0 radical (unpaired) electrons. The lowest BCUT2D eigenvalue weighted by molar-refractivity contribution is -0.131. The molecule has 0 atom stereocenters. The second kappa shape index (κ2) is 10.8. The smallest absolute Gasteiger partial charge is 0.222 e. The summed E-state index contributed by atoms with van der Waals surface area (Å²) in [4.78, 5) is 23.8. The van der Waals surface area contributed by atoms with Gasteiger partial charge in [-0.1, -0.05) is 20.4 Å². The molecule has 2 rings (SSSR count). The van der Waals surface area contributed by atoms with E-state index in [0.717, 1.165) is 31.8 Å². The van der Waals surface area contributed by atoms with Crippen molar-refractivity contribution in [1.82, 2.24) is 5.32 Å². The van der Waals surface area contributed by atoms with Crippen molar-refractivity contribution >= 4 is 11.7 Å². The summed E-state index contributed by atoms with van der Waals surface area (Å²) in [5.74, 6) is 2.63. The molecule has 0 aromatic heterocycles. The van der Waals surface area contributed by atoms with E-state index in [-0.39, 0.29) is 23.8 Å². The van der Waals surface area contributed by atoms with Gasteiger partial charge in [0, 0.05) is 30.9 Å². The fraction of sp³-hybridized carbons (Fsp3) is 0.818. The van der Waals surface area contributed by atoms with Gasteiger partial charge >= 0.3 is 0 Å². The molecule has 1 amide bonds. The number of hydrogen-bond donors (Lipinski definition) is 1. The molecular weight excluding hydrogens is 342 g/mol. The molecule has 5 heteroatoms. The first-order valence-electron chi connectivity index (χ1n) is 10.5. The van der Waals surface area contributed by atoms with Gasteiger partial charge in [0.2, 0.25) is 5.91 Å². The molecule has 0 aromatic carbocycles. The zero-order valence-corrected chi connectivity index (χ0v) is 17.3. The lowest BCUT2D eigenvalue weighted by Crippen LogP contribution is -2.47. The van der Waals surface area contributed by atoms with Gasteiger partial charge in [-0.2, -0.15) is 0 Å². The first-order chi connectivity index (χ1) is 12.8. The van der Waals surface area contributed by atoms with Gasteiger partial charge in [-0.25, -0.2) is 0 Å². The number of Topliss-reactive ketones (excluding diaryl/α,β-unsaturated/α-hetero) is 1. The highest BCUT2D eigenvalue weighted by molar-refractivity contribution is 5.84. The maximum absolute atomic E-state index is 12.0. The van der Waals surface area contributed by atoms with Crippen molar-refractivity contribution in [1.29, 1.82) is 0 Å². The van der Waals surface area contributed by atoms with E-state index >= 15 is 0 Å². The summed E-state index contributed by atoms with van der Waals surface area (Å²) in [5.41, 5.74) is 0. The lowest BCUT2D eigenvalue weighted by Gasteiger charge is -2.35. The average Bonchev–Trinajstić information content (AvgIpc) is 2.60. The van der Waals surface area contributed by atoms with E-state index in [9.17, 15) is 9.59 Å². The second-order valence-corrected chi connectivity index (χ2v) is 8.71. The summed E-state index contributed by atoms with van der Waals surface area (Å²) in [6.07, 6.45) is 6.69. The molecule has 1 N–H and O–H groups in total. The van der Waals surface area contributed by atoms with Crippen LogP contribution in [0.3, 0.4) is 0 Å². The van der Waals surface area contributed by atoms with Gasteiger partial charge in [-0.05, 0) is 57.3 Å². The Morgan fingerprint density at radius 2 is 1.67 bits per heavy atom. The summed E-state index contributed by atoms with van der Waals surface area (Å²) >= 11 is 0. The van der Waals surface area contributed by atoms with Crippen LogP contribution in [0, 0.1) is 23.7 Å². The predicted molar refractivity (Wildman–Crippen MR) is 106 cm³/mol. The van der Waals surface area contributed by atoms with E-state index in [0.29, 0.717) is 30.6 Å². The third-order valence-electron chi connectivity index (χ3n) is 5.83. The van der Waals surface area contributed by atoms with E-state index in [1.807, 2.05) is 20.8 Å². The van der Waals surface area contributed by atoms with Crippen LogP contribution in [-0.2, 0) is 19.1 Å². The van der Waals surface area contributed by atoms with E-state index in [1.54, 1.807) is 0 Å².